The third-order valence-corrected chi connectivity index (χ3v) is 6.95. The number of hydrogen-bond donors (Lipinski definition) is 1. The molecule has 1 amide bonds. The molecule has 33 heavy (non-hydrogen) atoms. The number of aliphatic imine (C=N–C) groups is 1. The van der Waals surface area contributed by atoms with E-state index in [2.05, 4.69) is 32.9 Å². The number of nitrogens with one attached hydrogen (secondary N) is 1. The van der Waals surface area contributed by atoms with Crippen LogP contribution in [0.1, 0.15) is 11.1 Å². The van der Waals surface area contributed by atoms with Crippen LogP contribution in [0, 0.1) is 3.57 Å². The smallest absolute Gasteiger partial charge is 0.264 e. The van der Waals surface area contributed by atoms with Crippen molar-refractivity contribution in [3.63, 3.8) is 0 Å². The fourth-order valence-corrected chi connectivity index (χ4v) is 4.43. The first-order chi connectivity index (χ1) is 15.9. The highest BCUT2D eigenvalue weighted by Gasteiger charge is 2.24. The monoisotopic (exact) mass is 610 g/mol. The van der Waals surface area contributed by atoms with Gasteiger partial charge in [0.25, 0.3) is 5.91 Å². The molecule has 1 saturated heterocycles. The Morgan fingerprint density at radius 1 is 1.03 bits per heavy atom. The Kier molecular flexibility index (Phi) is 7.85. The number of amides is 1. The molecule has 1 aliphatic heterocycles. The van der Waals surface area contributed by atoms with E-state index in [4.69, 9.17) is 32.7 Å². The van der Waals surface area contributed by atoms with E-state index >= 15 is 0 Å². The Bertz CT molecular complexity index is 1260. The van der Waals surface area contributed by atoms with Gasteiger partial charge in [-0.1, -0.05) is 41.4 Å². The summed E-state index contributed by atoms with van der Waals surface area (Å²) in [5, 5.41) is 4.08. The topological polar surface area (TPSA) is 59.9 Å². The third-order valence-electron chi connectivity index (χ3n) is 4.58. The summed E-state index contributed by atoms with van der Waals surface area (Å²) in [6.45, 7) is 0.431. The molecule has 5 nitrogen and oxygen atoms in total. The maximum atomic E-state index is 12.4. The molecule has 1 N–H and O–H groups in total. The van der Waals surface area contributed by atoms with Crippen LogP contribution < -0.4 is 14.8 Å². The molecule has 1 aliphatic rings. The highest BCUT2D eigenvalue weighted by atomic mass is 127. The van der Waals surface area contributed by atoms with Crippen molar-refractivity contribution in [1.29, 1.82) is 0 Å². The molecule has 0 saturated carbocycles. The lowest BCUT2D eigenvalue weighted by Gasteiger charge is -2.11. The Hall–Kier alpha value is -2.20. The van der Waals surface area contributed by atoms with Gasteiger partial charge in [-0.05, 0) is 94.0 Å². The lowest BCUT2D eigenvalue weighted by molar-refractivity contribution is -0.115. The van der Waals surface area contributed by atoms with Crippen molar-refractivity contribution >= 4 is 80.4 Å². The summed E-state index contributed by atoms with van der Waals surface area (Å²) in [4.78, 5) is 17.4. The normalized spacial score (nSPS) is 15.7. The van der Waals surface area contributed by atoms with Gasteiger partial charge >= 0.3 is 0 Å². The first-order valence-electron chi connectivity index (χ1n) is 9.71. The number of nitrogens with zero attached hydrogens (tertiary/aromatic N) is 1. The maximum Gasteiger partial charge on any atom is 0.264 e. The van der Waals surface area contributed by atoms with E-state index in [-0.39, 0.29) is 5.91 Å². The molecule has 9 heteroatoms. The average molecular weight is 611 g/mol. The molecule has 0 atom stereocenters. The van der Waals surface area contributed by atoms with Gasteiger partial charge in [-0.25, -0.2) is 4.99 Å². The van der Waals surface area contributed by atoms with Crippen molar-refractivity contribution in [1.82, 2.24) is 5.32 Å². The van der Waals surface area contributed by atoms with Crippen LogP contribution in [-0.4, -0.2) is 18.2 Å². The molecule has 0 bridgehead atoms. The number of thioether (sulfide) groups is 1. The fourth-order valence-electron chi connectivity index (χ4n) is 2.94. The van der Waals surface area contributed by atoms with Crippen molar-refractivity contribution in [2.75, 3.05) is 7.11 Å². The number of carbonyl (C=O) groups is 1. The highest BCUT2D eigenvalue weighted by Crippen LogP contribution is 2.33. The van der Waals surface area contributed by atoms with Crippen LogP contribution in [0.4, 0.5) is 5.69 Å². The summed E-state index contributed by atoms with van der Waals surface area (Å²) >= 11 is 15.5. The predicted octanol–water partition coefficient (Wildman–Crippen LogP) is 7.08. The number of carbonyl (C=O) groups excluding carboxylic acids is 1. The number of amidine groups is 1. The standard InChI is InChI=1S/C24H17Cl2IN2O3S/c1-31-21-10-15(4-9-20(21)32-13-14-2-5-16(27)6-3-14)11-22-23(30)29-24(33-22)28-17-7-8-18(25)19(26)12-17/h2-12H,13H2,1H3,(H,28,29,30)/b22-11-. The quantitative estimate of drug-likeness (QED) is 0.239. The summed E-state index contributed by atoms with van der Waals surface area (Å²) in [7, 11) is 1.59. The van der Waals surface area contributed by atoms with E-state index in [1.54, 1.807) is 31.4 Å². The molecule has 0 unspecified atom stereocenters. The molecule has 4 rings (SSSR count). The third kappa shape index (κ3) is 6.23. The first kappa shape index (κ1) is 23.9. The Balaban J connectivity index is 1.48. The maximum absolute atomic E-state index is 12.4. The summed E-state index contributed by atoms with van der Waals surface area (Å²) in [5.41, 5.74) is 2.48. The number of benzene rings is 3. The van der Waals surface area contributed by atoms with Crippen LogP contribution in [0.25, 0.3) is 6.08 Å². The lowest BCUT2D eigenvalue weighted by atomic mass is 10.2. The van der Waals surface area contributed by atoms with Crippen molar-refractivity contribution in [2.45, 2.75) is 6.61 Å². The van der Waals surface area contributed by atoms with Crippen LogP contribution in [0.2, 0.25) is 10.0 Å². The van der Waals surface area contributed by atoms with Crippen molar-refractivity contribution in [3.05, 3.63) is 90.3 Å². The Morgan fingerprint density at radius 3 is 2.55 bits per heavy atom. The van der Waals surface area contributed by atoms with Gasteiger partial charge in [-0.3, -0.25) is 4.79 Å². The number of rotatable bonds is 6. The van der Waals surface area contributed by atoms with Crippen molar-refractivity contribution < 1.29 is 14.3 Å². The van der Waals surface area contributed by atoms with E-state index in [9.17, 15) is 4.79 Å². The fraction of sp³-hybridized carbons (Fsp3) is 0.0833. The number of halogens is 3. The molecule has 0 aromatic heterocycles. The second-order valence-electron chi connectivity index (χ2n) is 6.91. The molecule has 3 aromatic carbocycles. The van der Waals surface area contributed by atoms with Crippen molar-refractivity contribution in [3.8, 4) is 11.5 Å². The van der Waals surface area contributed by atoms with Gasteiger partial charge in [-0.15, -0.1) is 0 Å². The van der Waals surface area contributed by atoms with Gasteiger partial charge in [0.15, 0.2) is 16.7 Å². The molecule has 3 aromatic rings. The highest BCUT2D eigenvalue weighted by molar-refractivity contribution is 14.1. The van der Waals surface area contributed by atoms with Gasteiger partial charge in [-0.2, -0.15) is 0 Å². The van der Waals surface area contributed by atoms with E-state index < -0.39 is 0 Å². The van der Waals surface area contributed by atoms with Crippen LogP contribution in [-0.2, 0) is 11.4 Å². The van der Waals surface area contributed by atoms with E-state index in [0.717, 1.165) is 11.1 Å². The SMILES string of the molecule is COc1cc(/C=C2\SC(=Nc3ccc(Cl)c(Cl)c3)NC2=O)ccc1OCc1ccc(I)cc1. The predicted molar refractivity (Wildman–Crippen MR) is 144 cm³/mol. The second-order valence-corrected chi connectivity index (χ2v) is 10.00. The summed E-state index contributed by atoms with van der Waals surface area (Å²) < 4.78 is 12.6. The van der Waals surface area contributed by atoms with E-state index in [0.29, 0.717) is 43.9 Å². The molecule has 1 heterocycles. The lowest BCUT2D eigenvalue weighted by Crippen LogP contribution is -2.19. The van der Waals surface area contributed by atoms with Gasteiger partial charge in [0.1, 0.15) is 6.61 Å². The summed E-state index contributed by atoms with van der Waals surface area (Å²) in [5.74, 6) is 0.989. The number of hydrogen-bond acceptors (Lipinski definition) is 5. The molecular formula is C24H17Cl2IN2O3S. The number of ether oxygens (including phenoxy) is 2. The molecular weight excluding hydrogens is 594 g/mol. The molecule has 168 valence electrons. The summed E-state index contributed by atoms with van der Waals surface area (Å²) in [6, 6.07) is 18.7. The van der Waals surface area contributed by atoms with E-state index in [1.165, 1.54) is 15.3 Å². The largest absolute Gasteiger partial charge is 0.493 e. The Morgan fingerprint density at radius 2 is 1.82 bits per heavy atom. The molecule has 0 spiro atoms. The zero-order valence-electron chi connectivity index (χ0n) is 17.3. The first-order valence-corrected chi connectivity index (χ1v) is 12.4. The van der Waals surface area contributed by atoms with Crippen LogP contribution in [0.5, 0.6) is 11.5 Å². The molecule has 0 radical (unpaired) electrons. The Labute approximate surface area is 219 Å². The van der Waals surface area contributed by atoms with Gasteiger partial charge in [0, 0.05) is 3.57 Å². The van der Waals surface area contributed by atoms with Crippen LogP contribution >= 0.6 is 57.6 Å². The summed E-state index contributed by atoms with van der Waals surface area (Å²) in [6.07, 6.45) is 1.78. The zero-order chi connectivity index (χ0) is 23.4. The van der Waals surface area contributed by atoms with Gasteiger partial charge < -0.3 is 14.8 Å². The van der Waals surface area contributed by atoms with E-state index in [1.807, 2.05) is 42.5 Å². The van der Waals surface area contributed by atoms with Crippen molar-refractivity contribution in [2.24, 2.45) is 4.99 Å². The van der Waals surface area contributed by atoms with Gasteiger partial charge in [0.05, 0.1) is 27.7 Å². The van der Waals surface area contributed by atoms with Crippen LogP contribution in [0.15, 0.2) is 70.6 Å². The molecule has 1 fully saturated rings. The zero-order valence-corrected chi connectivity index (χ0v) is 21.8. The molecule has 0 aliphatic carbocycles. The average Bonchev–Trinajstić information content (AvgIpc) is 3.14. The minimum absolute atomic E-state index is 0.225. The van der Waals surface area contributed by atoms with Crippen LogP contribution in [0.3, 0.4) is 0 Å². The number of methoxy groups -OCH3 is 1. The minimum atomic E-state index is -0.225. The van der Waals surface area contributed by atoms with Gasteiger partial charge in [0.2, 0.25) is 0 Å². The minimum Gasteiger partial charge on any atom is -0.493 e. The second kappa shape index (κ2) is 10.8.